The molecule has 1 aromatic rings. The Kier molecular flexibility index (Phi) is 4.43. The van der Waals surface area contributed by atoms with E-state index in [9.17, 15) is 0 Å². The van der Waals surface area contributed by atoms with Crippen LogP contribution < -0.4 is 9.47 Å². The van der Waals surface area contributed by atoms with Crippen LogP contribution in [0.4, 0.5) is 0 Å². The zero-order chi connectivity index (χ0) is 11.3. The monoisotopic (exact) mass is 210 g/mol. The predicted molar refractivity (Wildman–Crippen MR) is 59.7 cm³/mol. The quantitative estimate of drug-likeness (QED) is 0.805. The minimum atomic E-state index is 0.116. The molecule has 0 unspecified atom stereocenters. The van der Waals surface area contributed by atoms with Crippen molar-refractivity contribution >= 4 is 0 Å². The highest BCUT2D eigenvalue weighted by Gasteiger charge is 2.13. The molecule has 0 bridgehead atoms. The van der Waals surface area contributed by atoms with E-state index in [1.807, 2.05) is 12.1 Å². The van der Waals surface area contributed by atoms with Crippen molar-refractivity contribution in [2.75, 3.05) is 20.8 Å². The number of aliphatic hydroxyl groups excluding tert-OH is 1. The third-order valence-electron chi connectivity index (χ3n) is 2.45. The van der Waals surface area contributed by atoms with Gasteiger partial charge in [-0.2, -0.15) is 0 Å². The second-order valence-corrected chi connectivity index (χ2v) is 3.28. The Morgan fingerprint density at radius 2 is 1.60 bits per heavy atom. The van der Waals surface area contributed by atoms with Crippen molar-refractivity contribution < 1.29 is 14.6 Å². The fraction of sp³-hybridized carbons (Fsp3) is 0.500. The Morgan fingerprint density at radius 3 is 2.07 bits per heavy atom. The summed E-state index contributed by atoms with van der Waals surface area (Å²) < 4.78 is 10.7. The molecule has 3 heteroatoms. The van der Waals surface area contributed by atoms with E-state index >= 15 is 0 Å². The van der Waals surface area contributed by atoms with Gasteiger partial charge in [-0.15, -0.1) is 0 Å². The Morgan fingerprint density at radius 1 is 1.07 bits per heavy atom. The van der Waals surface area contributed by atoms with Crippen molar-refractivity contribution in [2.45, 2.75) is 19.8 Å². The Bertz CT molecular complexity index is 321. The summed E-state index contributed by atoms with van der Waals surface area (Å²) in [5.41, 5.74) is 2.10. The molecule has 3 nitrogen and oxygen atoms in total. The molecule has 0 spiro atoms. The lowest BCUT2D eigenvalue weighted by atomic mass is 10.0. The first-order valence-electron chi connectivity index (χ1n) is 5.12. The normalized spacial score (nSPS) is 10.1. The maximum absolute atomic E-state index is 8.93. The molecule has 1 aromatic carbocycles. The zero-order valence-corrected chi connectivity index (χ0v) is 9.54. The van der Waals surface area contributed by atoms with Crippen LogP contribution in [0.1, 0.15) is 18.1 Å². The molecule has 0 amide bonds. The number of rotatable bonds is 5. The molecule has 0 radical (unpaired) electrons. The molecule has 0 aliphatic rings. The van der Waals surface area contributed by atoms with Gasteiger partial charge in [-0.1, -0.05) is 19.1 Å². The van der Waals surface area contributed by atoms with E-state index in [0.29, 0.717) is 6.42 Å². The van der Waals surface area contributed by atoms with Crippen LogP contribution in [-0.4, -0.2) is 25.9 Å². The van der Waals surface area contributed by atoms with Crippen molar-refractivity contribution in [3.05, 3.63) is 23.3 Å². The van der Waals surface area contributed by atoms with Crippen molar-refractivity contribution in [3.8, 4) is 11.5 Å². The van der Waals surface area contributed by atoms with Gasteiger partial charge in [0.1, 0.15) is 0 Å². The lowest BCUT2D eigenvalue weighted by molar-refractivity contribution is 0.294. The van der Waals surface area contributed by atoms with E-state index in [-0.39, 0.29) is 6.61 Å². The Hall–Kier alpha value is -1.22. The Balaban J connectivity index is 3.21. The number of hydrogen-bond donors (Lipinski definition) is 1. The van der Waals surface area contributed by atoms with Gasteiger partial charge in [0.25, 0.3) is 0 Å². The van der Waals surface area contributed by atoms with Crippen LogP contribution in [0.25, 0.3) is 0 Å². The van der Waals surface area contributed by atoms with E-state index in [0.717, 1.165) is 29.0 Å². The molecular formula is C12H18O3. The van der Waals surface area contributed by atoms with Gasteiger partial charge in [-0.3, -0.25) is 0 Å². The average molecular weight is 210 g/mol. The minimum absolute atomic E-state index is 0.116. The molecule has 0 fully saturated rings. The molecule has 0 atom stereocenters. The number of ether oxygens (including phenoxy) is 2. The van der Waals surface area contributed by atoms with Crippen LogP contribution in [-0.2, 0) is 12.8 Å². The molecule has 0 aliphatic heterocycles. The van der Waals surface area contributed by atoms with Gasteiger partial charge in [-0.05, 0) is 18.4 Å². The number of aryl methyl sites for hydroxylation is 1. The molecular weight excluding hydrogens is 192 g/mol. The lowest BCUT2D eigenvalue weighted by Crippen LogP contribution is -2.01. The van der Waals surface area contributed by atoms with Crippen LogP contribution in [0.2, 0.25) is 0 Å². The number of benzene rings is 1. The largest absolute Gasteiger partial charge is 0.493 e. The lowest BCUT2D eigenvalue weighted by Gasteiger charge is -2.15. The van der Waals surface area contributed by atoms with Crippen molar-refractivity contribution in [1.29, 1.82) is 0 Å². The van der Waals surface area contributed by atoms with Crippen molar-refractivity contribution in [2.24, 2.45) is 0 Å². The van der Waals surface area contributed by atoms with Crippen LogP contribution in [0.15, 0.2) is 12.1 Å². The van der Waals surface area contributed by atoms with Crippen LogP contribution >= 0.6 is 0 Å². The molecule has 1 rings (SSSR count). The molecule has 15 heavy (non-hydrogen) atoms. The molecule has 0 heterocycles. The summed E-state index contributed by atoms with van der Waals surface area (Å²) in [6.45, 7) is 2.19. The van der Waals surface area contributed by atoms with Crippen molar-refractivity contribution in [3.63, 3.8) is 0 Å². The first-order chi connectivity index (χ1) is 7.28. The summed E-state index contributed by atoms with van der Waals surface area (Å²) in [6.07, 6.45) is 1.49. The number of aliphatic hydroxyl groups is 1. The second kappa shape index (κ2) is 5.61. The summed E-state index contributed by atoms with van der Waals surface area (Å²) in [4.78, 5) is 0. The minimum Gasteiger partial charge on any atom is -0.493 e. The molecule has 0 aliphatic carbocycles. The number of methoxy groups -OCH3 is 2. The summed E-state index contributed by atoms with van der Waals surface area (Å²) in [5, 5.41) is 8.93. The first-order valence-corrected chi connectivity index (χ1v) is 5.12. The van der Waals surface area contributed by atoms with Gasteiger partial charge in [0.2, 0.25) is 0 Å². The van der Waals surface area contributed by atoms with Gasteiger partial charge >= 0.3 is 0 Å². The van der Waals surface area contributed by atoms with E-state index < -0.39 is 0 Å². The third kappa shape index (κ3) is 2.42. The summed E-state index contributed by atoms with van der Waals surface area (Å²) in [5.74, 6) is 1.52. The van der Waals surface area contributed by atoms with Crippen LogP contribution in [0.3, 0.4) is 0 Å². The second-order valence-electron chi connectivity index (χ2n) is 3.28. The number of hydrogen-bond acceptors (Lipinski definition) is 3. The Labute approximate surface area is 90.6 Å². The van der Waals surface area contributed by atoms with Gasteiger partial charge in [0.15, 0.2) is 11.5 Å². The van der Waals surface area contributed by atoms with Crippen LogP contribution in [0.5, 0.6) is 11.5 Å². The van der Waals surface area contributed by atoms with Crippen LogP contribution in [0, 0.1) is 0 Å². The van der Waals surface area contributed by atoms with Crippen molar-refractivity contribution in [1.82, 2.24) is 0 Å². The predicted octanol–water partition coefficient (Wildman–Crippen LogP) is 1.80. The highest BCUT2D eigenvalue weighted by atomic mass is 16.5. The van der Waals surface area contributed by atoms with E-state index in [1.165, 1.54) is 0 Å². The maximum atomic E-state index is 8.93. The topological polar surface area (TPSA) is 38.7 Å². The highest BCUT2D eigenvalue weighted by Crippen LogP contribution is 2.35. The molecule has 0 saturated heterocycles. The van der Waals surface area contributed by atoms with Gasteiger partial charge in [0, 0.05) is 12.2 Å². The standard InChI is InChI=1S/C12H18O3/c1-4-9-5-6-10(7-8-13)12(15-3)11(9)14-2/h5-6,13H,4,7-8H2,1-3H3. The van der Waals surface area contributed by atoms with Gasteiger partial charge < -0.3 is 14.6 Å². The summed E-state index contributed by atoms with van der Waals surface area (Å²) in [7, 11) is 3.26. The van der Waals surface area contributed by atoms with E-state index in [2.05, 4.69) is 6.92 Å². The van der Waals surface area contributed by atoms with E-state index in [1.54, 1.807) is 14.2 Å². The molecule has 1 N–H and O–H groups in total. The average Bonchev–Trinajstić information content (AvgIpc) is 2.28. The third-order valence-corrected chi connectivity index (χ3v) is 2.45. The summed E-state index contributed by atoms with van der Waals surface area (Å²) >= 11 is 0. The highest BCUT2D eigenvalue weighted by molar-refractivity contribution is 5.52. The smallest absolute Gasteiger partial charge is 0.164 e. The molecule has 84 valence electrons. The van der Waals surface area contributed by atoms with E-state index in [4.69, 9.17) is 14.6 Å². The maximum Gasteiger partial charge on any atom is 0.164 e. The fourth-order valence-corrected chi connectivity index (χ4v) is 1.69. The first kappa shape index (κ1) is 11.9. The molecule has 0 aromatic heterocycles. The van der Waals surface area contributed by atoms with Gasteiger partial charge in [-0.25, -0.2) is 0 Å². The SMILES string of the molecule is CCc1ccc(CCO)c(OC)c1OC. The molecule has 0 saturated carbocycles. The zero-order valence-electron chi connectivity index (χ0n) is 9.54. The fourth-order valence-electron chi connectivity index (χ4n) is 1.69. The van der Waals surface area contributed by atoms with Gasteiger partial charge in [0.05, 0.1) is 14.2 Å². The summed E-state index contributed by atoms with van der Waals surface area (Å²) in [6, 6.07) is 4.00.